The van der Waals surface area contributed by atoms with E-state index in [1.807, 2.05) is 19.1 Å². The minimum atomic E-state index is -0.934. The summed E-state index contributed by atoms with van der Waals surface area (Å²) >= 11 is 0. The van der Waals surface area contributed by atoms with Crippen LogP contribution in [0.4, 0.5) is 0 Å². The molecule has 30 heavy (non-hydrogen) atoms. The van der Waals surface area contributed by atoms with E-state index in [1.165, 1.54) is 17.5 Å². The average Bonchev–Trinajstić information content (AvgIpc) is 2.69. The maximum Gasteiger partial charge on any atom is 0.335 e. The number of hydrogen-bond donors (Lipinski definition) is 1. The van der Waals surface area contributed by atoms with E-state index in [0.29, 0.717) is 6.61 Å². The number of carbonyl (C=O) groups is 1. The Bertz CT molecular complexity index is 969. The fourth-order valence-corrected chi connectivity index (χ4v) is 4.21. The largest absolute Gasteiger partial charge is 0.478 e. The van der Waals surface area contributed by atoms with Crippen molar-refractivity contribution in [3.8, 4) is 0 Å². The molecule has 0 radical (unpaired) electrons. The SMILES string of the molecule is CCCO/N=C(/c1ccc(C(=O)O)cc1)c1cc2c(cc1C)C(C)(C)CCC2(C)C. The van der Waals surface area contributed by atoms with E-state index in [4.69, 9.17) is 4.84 Å². The zero-order chi connectivity index (χ0) is 22.1. The smallest absolute Gasteiger partial charge is 0.335 e. The molecule has 0 bridgehead atoms. The first-order valence-corrected chi connectivity index (χ1v) is 10.8. The highest BCUT2D eigenvalue weighted by Crippen LogP contribution is 2.46. The van der Waals surface area contributed by atoms with Gasteiger partial charge in [0, 0.05) is 11.1 Å². The van der Waals surface area contributed by atoms with Crippen molar-refractivity contribution in [3.63, 3.8) is 0 Å². The molecule has 0 saturated heterocycles. The summed E-state index contributed by atoms with van der Waals surface area (Å²) in [5.74, 6) is -0.934. The molecule has 1 aliphatic rings. The van der Waals surface area contributed by atoms with Crippen LogP contribution in [0.2, 0.25) is 0 Å². The van der Waals surface area contributed by atoms with Crippen LogP contribution in [-0.4, -0.2) is 23.4 Å². The molecule has 0 atom stereocenters. The number of carboxylic acids is 1. The van der Waals surface area contributed by atoms with Crippen molar-refractivity contribution in [1.82, 2.24) is 0 Å². The molecule has 0 aliphatic heterocycles. The van der Waals surface area contributed by atoms with Gasteiger partial charge in [-0.25, -0.2) is 4.79 Å². The van der Waals surface area contributed by atoms with Crippen LogP contribution in [0.1, 0.15) is 92.1 Å². The number of hydrogen-bond acceptors (Lipinski definition) is 3. The van der Waals surface area contributed by atoms with Gasteiger partial charge < -0.3 is 9.94 Å². The van der Waals surface area contributed by atoms with E-state index in [2.05, 4.69) is 51.9 Å². The number of oxime groups is 1. The first kappa shape index (κ1) is 22.1. The van der Waals surface area contributed by atoms with Crippen LogP contribution in [0.5, 0.6) is 0 Å². The van der Waals surface area contributed by atoms with E-state index in [0.717, 1.165) is 35.2 Å². The van der Waals surface area contributed by atoms with E-state index in [-0.39, 0.29) is 16.4 Å². The minimum absolute atomic E-state index is 0.0931. The summed E-state index contributed by atoms with van der Waals surface area (Å²) in [7, 11) is 0. The van der Waals surface area contributed by atoms with E-state index >= 15 is 0 Å². The van der Waals surface area contributed by atoms with Crippen LogP contribution in [-0.2, 0) is 15.7 Å². The third-order valence-corrected chi connectivity index (χ3v) is 6.31. The highest BCUT2D eigenvalue weighted by atomic mass is 16.6. The van der Waals surface area contributed by atoms with Gasteiger partial charge in [0.15, 0.2) is 0 Å². The van der Waals surface area contributed by atoms with Crippen LogP contribution < -0.4 is 0 Å². The van der Waals surface area contributed by atoms with Crippen molar-refractivity contribution in [1.29, 1.82) is 0 Å². The normalized spacial score (nSPS) is 17.3. The quantitative estimate of drug-likeness (QED) is 0.351. The van der Waals surface area contributed by atoms with Gasteiger partial charge in [0.05, 0.1) is 5.56 Å². The Morgan fingerprint density at radius 2 is 1.53 bits per heavy atom. The van der Waals surface area contributed by atoms with Gasteiger partial charge in [-0.2, -0.15) is 0 Å². The molecule has 0 heterocycles. The fraction of sp³-hybridized carbons (Fsp3) is 0.462. The summed E-state index contributed by atoms with van der Waals surface area (Å²) in [5, 5.41) is 13.7. The molecular formula is C26H33NO3. The van der Waals surface area contributed by atoms with Crippen LogP contribution in [0.15, 0.2) is 41.6 Å². The second-order valence-corrected chi connectivity index (χ2v) is 9.64. The maximum atomic E-state index is 11.3. The first-order chi connectivity index (χ1) is 14.1. The number of benzene rings is 2. The topological polar surface area (TPSA) is 58.9 Å². The number of carboxylic acid groups (broad SMARTS) is 1. The molecule has 1 N–H and O–H groups in total. The molecule has 0 unspecified atom stereocenters. The maximum absolute atomic E-state index is 11.3. The molecule has 0 fully saturated rings. The average molecular weight is 408 g/mol. The van der Waals surface area contributed by atoms with Gasteiger partial charge in [0.1, 0.15) is 12.3 Å². The van der Waals surface area contributed by atoms with Gasteiger partial charge in [0.25, 0.3) is 0 Å². The number of nitrogens with zero attached hydrogens (tertiary/aromatic N) is 1. The number of fused-ring (bicyclic) bond motifs is 1. The van der Waals surface area contributed by atoms with E-state index in [1.54, 1.807) is 12.1 Å². The molecule has 160 valence electrons. The lowest BCUT2D eigenvalue weighted by atomic mass is 9.62. The monoisotopic (exact) mass is 407 g/mol. The Morgan fingerprint density at radius 3 is 2.07 bits per heavy atom. The summed E-state index contributed by atoms with van der Waals surface area (Å²) in [6.07, 6.45) is 3.18. The molecule has 1 aliphatic carbocycles. The molecule has 0 aromatic heterocycles. The lowest BCUT2D eigenvalue weighted by molar-refractivity contribution is 0.0697. The molecule has 2 aromatic carbocycles. The molecular weight excluding hydrogens is 374 g/mol. The van der Waals surface area contributed by atoms with Crippen molar-refractivity contribution in [2.75, 3.05) is 6.61 Å². The molecule has 0 saturated carbocycles. The van der Waals surface area contributed by atoms with Gasteiger partial charge in [0.2, 0.25) is 0 Å². The van der Waals surface area contributed by atoms with Crippen molar-refractivity contribution in [2.45, 2.75) is 71.6 Å². The van der Waals surface area contributed by atoms with Crippen LogP contribution >= 0.6 is 0 Å². The highest BCUT2D eigenvalue weighted by molar-refractivity contribution is 6.14. The van der Waals surface area contributed by atoms with Crippen molar-refractivity contribution in [3.05, 3.63) is 69.8 Å². The molecule has 0 amide bonds. The van der Waals surface area contributed by atoms with Gasteiger partial charge in [-0.15, -0.1) is 0 Å². The highest BCUT2D eigenvalue weighted by Gasteiger charge is 2.37. The Balaban J connectivity index is 2.16. The van der Waals surface area contributed by atoms with Gasteiger partial charge >= 0.3 is 5.97 Å². The summed E-state index contributed by atoms with van der Waals surface area (Å²) in [6, 6.07) is 11.5. The standard InChI is InChI=1S/C26H33NO3/c1-7-14-30-27-23(18-8-10-19(11-9-18)24(28)29)20-16-22-21(15-17(20)2)25(3,4)12-13-26(22,5)6/h8-11,15-16H,7,12-14H2,1-6H3,(H,28,29)/b27-23-. The molecule has 0 spiro atoms. The van der Waals surface area contributed by atoms with Gasteiger partial charge in [-0.05, 0) is 71.9 Å². The van der Waals surface area contributed by atoms with Crippen molar-refractivity contribution >= 4 is 11.7 Å². The third-order valence-electron chi connectivity index (χ3n) is 6.31. The number of rotatable bonds is 6. The van der Waals surface area contributed by atoms with Crippen molar-refractivity contribution in [2.24, 2.45) is 5.16 Å². The Labute approximate surface area is 180 Å². The summed E-state index contributed by atoms with van der Waals surface area (Å²) in [5.41, 5.74) is 7.08. The predicted octanol–water partition coefficient (Wildman–Crippen LogP) is 6.22. The lowest BCUT2D eigenvalue weighted by Crippen LogP contribution is -2.34. The molecule has 2 aromatic rings. The number of aromatic carboxylic acids is 1. The number of aryl methyl sites for hydroxylation is 1. The summed E-state index contributed by atoms with van der Waals surface area (Å²) in [6.45, 7) is 14.0. The van der Waals surface area contributed by atoms with Gasteiger partial charge in [-0.1, -0.05) is 58.0 Å². The van der Waals surface area contributed by atoms with Crippen LogP contribution in [0.3, 0.4) is 0 Å². The summed E-state index contributed by atoms with van der Waals surface area (Å²) < 4.78 is 0. The molecule has 4 nitrogen and oxygen atoms in total. The fourth-order valence-electron chi connectivity index (χ4n) is 4.21. The third kappa shape index (κ3) is 4.28. The van der Waals surface area contributed by atoms with Crippen LogP contribution in [0, 0.1) is 6.92 Å². The molecule has 3 rings (SSSR count). The lowest BCUT2D eigenvalue weighted by Gasteiger charge is -2.42. The Kier molecular flexibility index (Phi) is 6.07. The second-order valence-electron chi connectivity index (χ2n) is 9.64. The Hall–Kier alpha value is -2.62. The Morgan fingerprint density at radius 1 is 1.00 bits per heavy atom. The predicted molar refractivity (Wildman–Crippen MR) is 122 cm³/mol. The second kappa shape index (κ2) is 8.25. The first-order valence-electron chi connectivity index (χ1n) is 10.8. The van der Waals surface area contributed by atoms with Crippen LogP contribution in [0.25, 0.3) is 0 Å². The summed E-state index contributed by atoms with van der Waals surface area (Å²) in [4.78, 5) is 16.9. The zero-order valence-corrected chi connectivity index (χ0v) is 19.0. The minimum Gasteiger partial charge on any atom is -0.478 e. The molecule has 4 heteroatoms. The van der Waals surface area contributed by atoms with Gasteiger partial charge in [-0.3, -0.25) is 0 Å². The van der Waals surface area contributed by atoms with E-state index < -0.39 is 5.97 Å². The zero-order valence-electron chi connectivity index (χ0n) is 19.0. The van der Waals surface area contributed by atoms with E-state index in [9.17, 15) is 9.90 Å². The van der Waals surface area contributed by atoms with Crippen molar-refractivity contribution < 1.29 is 14.7 Å².